The van der Waals surface area contributed by atoms with Crippen molar-refractivity contribution in [2.45, 2.75) is 37.8 Å². The number of nitrogens with zero attached hydrogens (tertiary/aromatic N) is 2. The number of nitro groups is 1. The van der Waals surface area contributed by atoms with E-state index in [1.165, 1.54) is 36.1 Å². The van der Waals surface area contributed by atoms with Crippen LogP contribution in [0.15, 0.2) is 91.0 Å². The van der Waals surface area contributed by atoms with Crippen molar-refractivity contribution in [3.63, 3.8) is 0 Å². The van der Waals surface area contributed by atoms with Crippen LogP contribution in [-0.2, 0) is 25.7 Å². The van der Waals surface area contributed by atoms with Gasteiger partial charge in [0.15, 0.2) is 12.6 Å². The second-order valence-corrected chi connectivity index (χ2v) is 9.37. The number of aliphatic hydroxyl groups is 1. The molecule has 0 saturated carbocycles. The van der Waals surface area contributed by atoms with Crippen LogP contribution in [0.2, 0.25) is 0 Å². The predicted molar refractivity (Wildman–Crippen MR) is 148 cm³/mol. The van der Waals surface area contributed by atoms with E-state index in [1.807, 2.05) is 36.4 Å². The highest BCUT2D eigenvalue weighted by atomic mass is 16.6. The van der Waals surface area contributed by atoms with Gasteiger partial charge in [-0.25, -0.2) is 4.79 Å². The van der Waals surface area contributed by atoms with Crippen LogP contribution in [0.5, 0.6) is 5.75 Å². The van der Waals surface area contributed by atoms with Crippen LogP contribution >= 0.6 is 0 Å². The number of hydrogen-bond acceptors (Lipinski definition) is 8. The Labute approximate surface area is 236 Å². The Morgan fingerprint density at radius 3 is 2.29 bits per heavy atom. The van der Waals surface area contributed by atoms with Crippen LogP contribution in [0.3, 0.4) is 0 Å². The number of amides is 2. The lowest BCUT2D eigenvalue weighted by Gasteiger charge is -2.49. The molecule has 0 aromatic heterocycles. The van der Waals surface area contributed by atoms with Gasteiger partial charge in [-0.3, -0.25) is 19.7 Å². The minimum absolute atomic E-state index is 0.108. The standard InChI is InChI=1S/C30H29N3O8/c1-20(34)28(30(37)41-18-22-12-15-23(16-13-22)33(38)39)32-25(17-14-21-8-4-2-5-9-21)27(29(32)36)31-26(35)19-40-24-10-6-3-7-11-24/h2-17,20,25,27-28,34H,18-19H2,1H3,(H,31,35)/t20?,25-,27+,28?/m1/s1. The topological polar surface area (TPSA) is 148 Å². The highest BCUT2D eigenvalue weighted by Gasteiger charge is 2.53. The molecule has 1 heterocycles. The molecule has 0 bridgehead atoms. The molecular formula is C30H29N3O8. The van der Waals surface area contributed by atoms with Gasteiger partial charge in [0.2, 0.25) is 5.91 Å². The summed E-state index contributed by atoms with van der Waals surface area (Å²) >= 11 is 0. The maximum atomic E-state index is 13.3. The molecule has 11 heteroatoms. The zero-order valence-electron chi connectivity index (χ0n) is 22.2. The number of non-ortho nitro benzene ring substituents is 1. The van der Waals surface area contributed by atoms with Gasteiger partial charge in [0, 0.05) is 12.1 Å². The van der Waals surface area contributed by atoms with Crippen molar-refractivity contribution < 1.29 is 33.9 Å². The second kappa shape index (κ2) is 13.4. The molecule has 2 amide bonds. The Hall–Kier alpha value is -5.03. The van der Waals surface area contributed by atoms with Gasteiger partial charge in [0.05, 0.1) is 17.1 Å². The Morgan fingerprint density at radius 2 is 1.68 bits per heavy atom. The van der Waals surface area contributed by atoms with Crippen LogP contribution in [0.4, 0.5) is 5.69 Å². The summed E-state index contributed by atoms with van der Waals surface area (Å²) in [6, 6.07) is 20.3. The highest BCUT2D eigenvalue weighted by molar-refractivity contribution is 5.97. The minimum atomic E-state index is -1.36. The number of benzene rings is 3. The Kier molecular flexibility index (Phi) is 9.43. The monoisotopic (exact) mass is 559 g/mol. The molecular weight excluding hydrogens is 530 g/mol. The summed E-state index contributed by atoms with van der Waals surface area (Å²) in [5.41, 5.74) is 1.22. The molecule has 1 aliphatic heterocycles. The maximum absolute atomic E-state index is 13.3. The van der Waals surface area contributed by atoms with E-state index in [2.05, 4.69) is 5.32 Å². The van der Waals surface area contributed by atoms with Gasteiger partial charge in [-0.15, -0.1) is 0 Å². The summed E-state index contributed by atoms with van der Waals surface area (Å²) < 4.78 is 10.9. The Bertz CT molecular complexity index is 1390. The van der Waals surface area contributed by atoms with Gasteiger partial charge in [0.25, 0.3) is 11.6 Å². The summed E-state index contributed by atoms with van der Waals surface area (Å²) in [5.74, 6) is -1.46. The molecule has 2 N–H and O–H groups in total. The van der Waals surface area contributed by atoms with Crippen molar-refractivity contribution in [3.8, 4) is 5.75 Å². The SMILES string of the molecule is CC(O)C(C(=O)OCc1ccc([N+](=O)[O-])cc1)N1C(=O)[C@@H](NC(=O)COc2ccccc2)[C@H]1C=Cc1ccccc1. The van der Waals surface area contributed by atoms with E-state index in [0.717, 1.165) is 5.56 Å². The molecule has 4 atom stereocenters. The van der Waals surface area contributed by atoms with Gasteiger partial charge in [-0.2, -0.15) is 0 Å². The van der Waals surface area contributed by atoms with E-state index in [4.69, 9.17) is 9.47 Å². The first kappa shape index (κ1) is 29.0. The Balaban J connectivity index is 1.48. The first-order valence-corrected chi connectivity index (χ1v) is 12.9. The third kappa shape index (κ3) is 7.34. The van der Waals surface area contributed by atoms with Gasteiger partial charge in [-0.05, 0) is 42.3 Å². The summed E-state index contributed by atoms with van der Waals surface area (Å²) in [5, 5.41) is 24.0. The minimum Gasteiger partial charge on any atom is -0.484 e. The van der Waals surface area contributed by atoms with Crippen molar-refractivity contribution in [1.29, 1.82) is 0 Å². The maximum Gasteiger partial charge on any atom is 0.331 e. The molecule has 11 nitrogen and oxygen atoms in total. The van der Waals surface area contributed by atoms with E-state index in [9.17, 15) is 29.6 Å². The number of β-lactam (4-membered cyclic amide) rings is 1. The van der Waals surface area contributed by atoms with Crippen molar-refractivity contribution in [2.24, 2.45) is 0 Å². The first-order valence-electron chi connectivity index (χ1n) is 12.9. The number of para-hydroxylation sites is 1. The van der Waals surface area contributed by atoms with Gasteiger partial charge < -0.3 is 24.8 Å². The second-order valence-electron chi connectivity index (χ2n) is 9.37. The lowest BCUT2D eigenvalue weighted by atomic mass is 9.89. The molecule has 0 spiro atoms. The Morgan fingerprint density at radius 1 is 1.05 bits per heavy atom. The lowest BCUT2D eigenvalue weighted by Crippen LogP contribution is -2.75. The van der Waals surface area contributed by atoms with E-state index in [1.54, 1.807) is 36.4 Å². The van der Waals surface area contributed by atoms with E-state index < -0.39 is 46.9 Å². The van der Waals surface area contributed by atoms with Crippen LogP contribution < -0.4 is 10.1 Å². The summed E-state index contributed by atoms with van der Waals surface area (Å²) in [7, 11) is 0. The zero-order chi connectivity index (χ0) is 29.4. The highest BCUT2D eigenvalue weighted by Crippen LogP contribution is 2.28. The summed E-state index contributed by atoms with van der Waals surface area (Å²) in [4.78, 5) is 50.5. The van der Waals surface area contributed by atoms with Crippen molar-refractivity contribution in [3.05, 3.63) is 112 Å². The molecule has 212 valence electrons. The fourth-order valence-electron chi connectivity index (χ4n) is 4.36. The third-order valence-electron chi connectivity index (χ3n) is 6.42. The summed E-state index contributed by atoms with van der Waals surface area (Å²) in [6.45, 7) is 0.826. The lowest BCUT2D eigenvalue weighted by molar-refractivity contribution is -0.384. The number of hydrogen-bond donors (Lipinski definition) is 2. The average molecular weight is 560 g/mol. The number of nitro benzene ring substituents is 1. The van der Waals surface area contributed by atoms with Crippen LogP contribution in [0, 0.1) is 10.1 Å². The number of carbonyl (C=O) groups excluding carboxylic acids is 3. The number of esters is 1. The number of nitrogens with one attached hydrogen (secondary N) is 1. The van der Waals surface area contributed by atoms with Gasteiger partial charge in [-0.1, -0.05) is 60.7 Å². The van der Waals surface area contributed by atoms with Crippen molar-refractivity contribution >= 4 is 29.5 Å². The van der Waals surface area contributed by atoms with Gasteiger partial charge >= 0.3 is 5.97 Å². The molecule has 3 aromatic rings. The zero-order valence-corrected chi connectivity index (χ0v) is 22.2. The van der Waals surface area contributed by atoms with Crippen molar-refractivity contribution in [1.82, 2.24) is 10.2 Å². The number of carbonyl (C=O) groups is 3. The number of aliphatic hydroxyl groups excluding tert-OH is 1. The quantitative estimate of drug-likeness (QED) is 0.149. The molecule has 0 aliphatic carbocycles. The number of likely N-dealkylation sites (tertiary alicyclic amines) is 1. The van der Waals surface area contributed by atoms with Crippen molar-refractivity contribution in [2.75, 3.05) is 6.61 Å². The third-order valence-corrected chi connectivity index (χ3v) is 6.42. The number of rotatable bonds is 12. The molecule has 1 saturated heterocycles. The molecule has 2 unspecified atom stereocenters. The van der Waals surface area contributed by atoms with Crippen LogP contribution in [0.1, 0.15) is 18.1 Å². The van der Waals surface area contributed by atoms with E-state index >= 15 is 0 Å². The van der Waals surface area contributed by atoms with Gasteiger partial charge in [0.1, 0.15) is 18.4 Å². The summed E-state index contributed by atoms with van der Waals surface area (Å²) in [6.07, 6.45) is 2.14. The molecule has 1 fully saturated rings. The fourth-order valence-corrected chi connectivity index (χ4v) is 4.36. The van der Waals surface area contributed by atoms with E-state index in [0.29, 0.717) is 11.3 Å². The van der Waals surface area contributed by atoms with Crippen LogP contribution in [-0.4, -0.2) is 63.5 Å². The molecule has 1 aliphatic rings. The molecule has 4 rings (SSSR count). The molecule has 0 radical (unpaired) electrons. The predicted octanol–water partition coefficient (Wildman–Crippen LogP) is 2.88. The molecule has 3 aromatic carbocycles. The largest absolute Gasteiger partial charge is 0.484 e. The van der Waals surface area contributed by atoms with E-state index in [-0.39, 0.29) is 18.9 Å². The first-order chi connectivity index (χ1) is 19.7. The number of ether oxygens (including phenoxy) is 2. The van der Waals surface area contributed by atoms with Crippen LogP contribution in [0.25, 0.3) is 6.08 Å². The normalized spacial score (nSPS) is 17.8. The smallest absolute Gasteiger partial charge is 0.331 e. The molecule has 41 heavy (non-hydrogen) atoms. The fraction of sp³-hybridized carbons (Fsp3) is 0.233. The average Bonchev–Trinajstić information content (AvgIpc) is 2.98.